The number of carboxylic acids is 1. The van der Waals surface area contributed by atoms with Crippen LogP contribution in [0.3, 0.4) is 0 Å². The normalized spacial score (nSPS) is 24.1. The van der Waals surface area contributed by atoms with Gasteiger partial charge in [-0.15, -0.1) is 0 Å². The van der Waals surface area contributed by atoms with Crippen LogP contribution < -0.4 is 4.90 Å². The van der Waals surface area contributed by atoms with Crippen molar-refractivity contribution >= 4 is 22.4 Å². The Kier molecular flexibility index (Phi) is 4.65. The number of aryl methyl sites for hydroxylation is 1. The molecule has 0 amide bonds. The Bertz CT molecular complexity index is 477. The lowest BCUT2D eigenvalue weighted by Gasteiger charge is -2.42. The first-order valence-electron chi connectivity index (χ1n) is 7.13. The molecule has 0 aromatic carbocycles. The molecular weight excluding hydrogens is 274 g/mol. The molecule has 0 aliphatic carbocycles. The highest BCUT2D eigenvalue weighted by Crippen LogP contribution is 2.29. The number of carboxylic acid groups (broad SMARTS) is 1. The number of anilines is 1. The van der Waals surface area contributed by atoms with Gasteiger partial charge in [0.1, 0.15) is 4.88 Å². The summed E-state index contributed by atoms with van der Waals surface area (Å²) in [6.07, 6.45) is 1.65. The van der Waals surface area contributed by atoms with Crippen LogP contribution >= 0.6 is 11.3 Å². The van der Waals surface area contributed by atoms with E-state index in [9.17, 15) is 9.90 Å². The summed E-state index contributed by atoms with van der Waals surface area (Å²) in [6.45, 7) is 8.24. The Labute approximate surface area is 124 Å². The Morgan fingerprint density at radius 2 is 2.00 bits per heavy atom. The highest BCUT2D eigenvalue weighted by molar-refractivity contribution is 7.17. The summed E-state index contributed by atoms with van der Waals surface area (Å²) in [5, 5.41) is 10.2. The van der Waals surface area contributed by atoms with Crippen molar-refractivity contribution in [2.45, 2.75) is 45.7 Å². The Hall–Kier alpha value is -1.14. The third kappa shape index (κ3) is 2.96. The van der Waals surface area contributed by atoms with E-state index in [2.05, 4.69) is 35.7 Å². The molecule has 112 valence electrons. The zero-order valence-corrected chi connectivity index (χ0v) is 13.4. The van der Waals surface area contributed by atoms with E-state index in [-0.39, 0.29) is 0 Å². The lowest BCUT2D eigenvalue weighted by atomic mass is 10.1. The molecule has 1 aliphatic heterocycles. The summed E-state index contributed by atoms with van der Waals surface area (Å²) in [6, 6.07) is 0.899. The van der Waals surface area contributed by atoms with Crippen molar-refractivity contribution < 1.29 is 9.90 Å². The summed E-state index contributed by atoms with van der Waals surface area (Å²) in [4.78, 5) is 20.9. The molecule has 0 radical (unpaired) electrons. The number of likely N-dealkylation sites (N-methyl/N-ethyl adjacent to an activating group) is 1. The van der Waals surface area contributed by atoms with Gasteiger partial charge in [0.25, 0.3) is 0 Å². The molecule has 0 bridgehead atoms. The maximum Gasteiger partial charge on any atom is 0.347 e. The number of aromatic nitrogens is 1. The van der Waals surface area contributed by atoms with Crippen LogP contribution in [0.15, 0.2) is 0 Å². The molecule has 1 fully saturated rings. The number of thiazole rings is 1. The van der Waals surface area contributed by atoms with Crippen molar-refractivity contribution in [1.82, 2.24) is 9.88 Å². The van der Waals surface area contributed by atoms with E-state index in [4.69, 9.17) is 0 Å². The number of nitrogens with zero attached hydrogens (tertiary/aromatic N) is 3. The van der Waals surface area contributed by atoms with Crippen LogP contribution in [0.1, 0.15) is 42.6 Å². The lowest BCUT2D eigenvalue weighted by molar-refractivity contribution is 0.0700. The first-order chi connectivity index (χ1) is 9.43. The summed E-state index contributed by atoms with van der Waals surface area (Å²) < 4.78 is 0. The fraction of sp³-hybridized carbons (Fsp3) is 0.714. The number of carbonyl (C=O) groups is 1. The van der Waals surface area contributed by atoms with Gasteiger partial charge in [-0.05, 0) is 27.3 Å². The Balaban J connectivity index is 2.24. The van der Waals surface area contributed by atoms with E-state index in [1.54, 1.807) is 0 Å². The van der Waals surface area contributed by atoms with Crippen molar-refractivity contribution in [2.75, 3.05) is 25.0 Å². The second kappa shape index (κ2) is 6.10. The summed E-state index contributed by atoms with van der Waals surface area (Å²) >= 11 is 1.32. The molecule has 1 saturated heterocycles. The topological polar surface area (TPSA) is 56.7 Å². The first-order valence-corrected chi connectivity index (χ1v) is 7.95. The van der Waals surface area contributed by atoms with Crippen molar-refractivity contribution in [3.63, 3.8) is 0 Å². The van der Waals surface area contributed by atoms with Crippen molar-refractivity contribution in [3.05, 3.63) is 10.6 Å². The molecule has 1 aromatic rings. The van der Waals surface area contributed by atoms with Crippen molar-refractivity contribution in [2.24, 2.45) is 0 Å². The van der Waals surface area contributed by atoms with Crippen LogP contribution in [0, 0.1) is 0 Å². The summed E-state index contributed by atoms with van der Waals surface area (Å²) in [5.74, 6) is -0.854. The predicted octanol–water partition coefficient (Wildman–Crippen LogP) is 2.32. The third-order valence-electron chi connectivity index (χ3n) is 4.00. The fourth-order valence-corrected chi connectivity index (χ4v) is 3.58. The van der Waals surface area contributed by atoms with E-state index in [1.807, 2.05) is 6.92 Å². The number of rotatable bonds is 4. The van der Waals surface area contributed by atoms with Crippen LogP contribution in [-0.2, 0) is 6.42 Å². The molecule has 20 heavy (non-hydrogen) atoms. The molecular formula is C14H23N3O2S. The molecule has 0 spiro atoms. The fourth-order valence-electron chi connectivity index (χ4n) is 2.61. The molecule has 2 atom stereocenters. The van der Waals surface area contributed by atoms with E-state index < -0.39 is 5.97 Å². The van der Waals surface area contributed by atoms with Crippen LogP contribution in [0.25, 0.3) is 0 Å². The van der Waals surface area contributed by atoms with Gasteiger partial charge in [-0.3, -0.25) is 4.90 Å². The van der Waals surface area contributed by atoms with Gasteiger partial charge in [0.15, 0.2) is 5.13 Å². The minimum absolute atomic E-state index is 0.404. The number of hydrogen-bond acceptors (Lipinski definition) is 5. The van der Waals surface area contributed by atoms with Gasteiger partial charge in [-0.2, -0.15) is 0 Å². The molecule has 6 heteroatoms. The molecule has 1 N–H and O–H groups in total. The second-order valence-corrected chi connectivity index (χ2v) is 6.57. The summed E-state index contributed by atoms with van der Waals surface area (Å²) in [7, 11) is 2.14. The Morgan fingerprint density at radius 1 is 1.40 bits per heavy atom. The van der Waals surface area contributed by atoms with Gasteiger partial charge >= 0.3 is 5.97 Å². The summed E-state index contributed by atoms with van der Waals surface area (Å²) in [5.41, 5.74) is 0.735. The standard InChI is InChI=1S/C14H23N3O2S/c1-5-6-11-12(13(18)19)20-14(15-11)17-7-9(2)16(4)10(3)8-17/h9-10H,5-8H2,1-4H3,(H,18,19). The minimum Gasteiger partial charge on any atom is -0.477 e. The lowest BCUT2D eigenvalue weighted by Crippen LogP contribution is -2.55. The number of aromatic carboxylic acids is 1. The van der Waals surface area contributed by atoms with Gasteiger partial charge in [0.05, 0.1) is 5.69 Å². The highest BCUT2D eigenvalue weighted by atomic mass is 32.1. The predicted molar refractivity (Wildman–Crippen MR) is 82.0 cm³/mol. The molecule has 1 aromatic heterocycles. The maximum absolute atomic E-state index is 11.3. The van der Waals surface area contributed by atoms with Crippen LogP contribution in [0.4, 0.5) is 5.13 Å². The molecule has 0 saturated carbocycles. The minimum atomic E-state index is -0.854. The zero-order chi connectivity index (χ0) is 14.9. The van der Waals surface area contributed by atoms with Gasteiger partial charge < -0.3 is 10.0 Å². The SMILES string of the molecule is CCCc1nc(N2CC(C)N(C)C(C)C2)sc1C(=O)O. The maximum atomic E-state index is 11.3. The van der Waals surface area contributed by atoms with E-state index in [0.29, 0.717) is 17.0 Å². The third-order valence-corrected chi connectivity index (χ3v) is 5.14. The van der Waals surface area contributed by atoms with E-state index >= 15 is 0 Å². The Morgan fingerprint density at radius 3 is 2.50 bits per heavy atom. The van der Waals surface area contributed by atoms with Crippen molar-refractivity contribution in [3.8, 4) is 0 Å². The molecule has 2 heterocycles. The van der Waals surface area contributed by atoms with Crippen LogP contribution in [-0.4, -0.2) is 53.2 Å². The van der Waals surface area contributed by atoms with Crippen LogP contribution in [0.2, 0.25) is 0 Å². The average Bonchev–Trinajstić information content (AvgIpc) is 2.80. The number of hydrogen-bond donors (Lipinski definition) is 1. The quantitative estimate of drug-likeness (QED) is 0.924. The molecule has 1 aliphatic rings. The van der Waals surface area contributed by atoms with Gasteiger partial charge in [0.2, 0.25) is 0 Å². The number of piperazine rings is 1. The zero-order valence-electron chi connectivity index (χ0n) is 12.6. The van der Waals surface area contributed by atoms with Crippen molar-refractivity contribution in [1.29, 1.82) is 0 Å². The van der Waals surface area contributed by atoms with Crippen LogP contribution in [0.5, 0.6) is 0 Å². The van der Waals surface area contributed by atoms with Gasteiger partial charge in [-0.1, -0.05) is 24.7 Å². The average molecular weight is 297 g/mol. The molecule has 2 rings (SSSR count). The monoisotopic (exact) mass is 297 g/mol. The van der Waals surface area contributed by atoms with Gasteiger partial charge in [0, 0.05) is 25.2 Å². The van der Waals surface area contributed by atoms with Gasteiger partial charge in [-0.25, -0.2) is 9.78 Å². The largest absolute Gasteiger partial charge is 0.477 e. The van der Waals surface area contributed by atoms with E-state index in [1.165, 1.54) is 11.3 Å². The smallest absolute Gasteiger partial charge is 0.347 e. The van der Waals surface area contributed by atoms with E-state index in [0.717, 1.165) is 36.8 Å². The highest BCUT2D eigenvalue weighted by Gasteiger charge is 2.29. The molecule has 5 nitrogen and oxygen atoms in total. The first kappa shape index (κ1) is 15.3. The molecule has 2 unspecified atom stereocenters. The second-order valence-electron chi connectivity index (χ2n) is 5.60.